The normalized spacial score (nSPS) is 12.4. The third-order valence-electron chi connectivity index (χ3n) is 4.26. The fraction of sp³-hybridized carbons (Fsp3) is 0.136. The summed E-state index contributed by atoms with van der Waals surface area (Å²) >= 11 is 0. The summed E-state index contributed by atoms with van der Waals surface area (Å²) in [4.78, 5) is 38.9. The van der Waals surface area contributed by atoms with Gasteiger partial charge in [-0.25, -0.2) is 0 Å². The summed E-state index contributed by atoms with van der Waals surface area (Å²) in [6, 6.07) is 16.2. The van der Waals surface area contributed by atoms with Gasteiger partial charge in [-0.1, -0.05) is 48.5 Å². The molecular weight excluding hydrogens is 354 g/mol. The van der Waals surface area contributed by atoms with Crippen LogP contribution in [-0.2, 0) is 20.8 Å². The molecule has 0 saturated carbocycles. The van der Waals surface area contributed by atoms with Crippen LogP contribution in [0.25, 0.3) is 17.0 Å². The maximum atomic E-state index is 12.7. The van der Waals surface area contributed by atoms with Gasteiger partial charge in [0.15, 0.2) is 0 Å². The Morgan fingerprint density at radius 3 is 2.50 bits per heavy atom. The van der Waals surface area contributed by atoms with E-state index in [4.69, 9.17) is 0 Å². The molecule has 0 unspecified atom stereocenters. The van der Waals surface area contributed by atoms with Crippen molar-refractivity contribution in [1.29, 1.82) is 0 Å². The molecule has 3 N–H and O–H groups in total. The lowest BCUT2D eigenvalue weighted by Gasteiger charge is -2.15. The van der Waals surface area contributed by atoms with Crippen LogP contribution in [0.1, 0.15) is 18.1 Å². The van der Waals surface area contributed by atoms with E-state index in [9.17, 15) is 14.4 Å². The van der Waals surface area contributed by atoms with Crippen LogP contribution >= 0.6 is 0 Å². The molecule has 1 atom stereocenters. The Morgan fingerprint density at radius 2 is 1.79 bits per heavy atom. The number of rotatable bonds is 7. The number of nitrogens with one attached hydrogen (secondary N) is 3. The van der Waals surface area contributed by atoms with Crippen LogP contribution in [0, 0.1) is 0 Å². The Kier molecular flexibility index (Phi) is 6.01. The van der Waals surface area contributed by atoms with Crippen LogP contribution in [0.4, 0.5) is 0 Å². The molecule has 6 nitrogen and oxygen atoms in total. The summed E-state index contributed by atoms with van der Waals surface area (Å²) in [5.74, 6) is -0.882. The Balaban J connectivity index is 1.78. The van der Waals surface area contributed by atoms with Gasteiger partial charge in [-0.05, 0) is 23.3 Å². The quantitative estimate of drug-likeness (QED) is 0.438. The number of carbonyl (C=O) groups excluding carboxylic acids is 3. The summed E-state index contributed by atoms with van der Waals surface area (Å²) in [7, 11) is 0. The fourth-order valence-corrected chi connectivity index (χ4v) is 2.98. The third kappa shape index (κ3) is 4.73. The largest absolute Gasteiger partial charge is 0.361 e. The highest BCUT2D eigenvalue weighted by atomic mass is 16.2. The number of H-pyrrole nitrogens is 1. The molecule has 1 aromatic heterocycles. The summed E-state index contributed by atoms with van der Waals surface area (Å²) in [5.41, 5.74) is 2.75. The van der Waals surface area contributed by atoms with Crippen molar-refractivity contribution in [1.82, 2.24) is 15.6 Å². The van der Waals surface area contributed by atoms with E-state index >= 15 is 0 Å². The van der Waals surface area contributed by atoms with Crippen molar-refractivity contribution in [3.63, 3.8) is 0 Å². The molecule has 3 aromatic rings. The Morgan fingerprint density at radius 1 is 1.07 bits per heavy atom. The second-order valence-corrected chi connectivity index (χ2v) is 6.43. The monoisotopic (exact) mass is 375 g/mol. The summed E-state index contributed by atoms with van der Waals surface area (Å²) in [5, 5.41) is 6.23. The van der Waals surface area contributed by atoms with Gasteiger partial charge in [0.25, 0.3) is 5.91 Å². The number of aromatic amines is 1. The highest BCUT2D eigenvalue weighted by Crippen LogP contribution is 2.19. The average molecular weight is 375 g/mol. The smallest absolute Gasteiger partial charge is 0.268 e. The molecule has 0 aliphatic heterocycles. The minimum Gasteiger partial charge on any atom is -0.361 e. The summed E-state index contributed by atoms with van der Waals surface area (Å²) in [6.07, 6.45) is 4.46. The third-order valence-corrected chi connectivity index (χ3v) is 4.26. The highest BCUT2D eigenvalue weighted by Gasteiger charge is 2.18. The lowest BCUT2D eigenvalue weighted by atomic mass is 10.1. The molecular formula is C22H21N3O3. The summed E-state index contributed by atoms with van der Waals surface area (Å²) in [6.45, 7) is 1.33. The zero-order valence-electron chi connectivity index (χ0n) is 15.4. The molecule has 0 radical (unpaired) electrons. The Labute approximate surface area is 162 Å². The molecule has 0 aliphatic carbocycles. The molecule has 142 valence electrons. The van der Waals surface area contributed by atoms with Gasteiger partial charge in [0.05, 0.1) is 6.04 Å². The fourth-order valence-electron chi connectivity index (χ4n) is 2.98. The number of hydrogen-bond donors (Lipinski definition) is 3. The molecule has 0 spiro atoms. The lowest BCUT2D eigenvalue weighted by molar-refractivity contribution is -0.123. The van der Waals surface area contributed by atoms with Crippen molar-refractivity contribution < 1.29 is 14.4 Å². The maximum Gasteiger partial charge on any atom is 0.268 e. The minimum absolute atomic E-state index is 0.0875. The number of fused-ring (bicyclic) bond motifs is 1. The predicted molar refractivity (Wildman–Crippen MR) is 108 cm³/mol. The maximum absolute atomic E-state index is 12.7. The van der Waals surface area contributed by atoms with Crippen molar-refractivity contribution in [3.05, 3.63) is 77.6 Å². The molecule has 28 heavy (non-hydrogen) atoms. The molecule has 2 aromatic carbocycles. The second kappa shape index (κ2) is 8.81. The number of hydrogen-bond acceptors (Lipinski definition) is 3. The van der Waals surface area contributed by atoms with Crippen LogP contribution in [0.2, 0.25) is 0 Å². The van der Waals surface area contributed by atoms with Crippen molar-refractivity contribution in [3.8, 4) is 0 Å². The van der Waals surface area contributed by atoms with Gasteiger partial charge < -0.3 is 20.4 Å². The van der Waals surface area contributed by atoms with E-state index < -0.39 is 11.9 Å². The molecule has 0 aliphatic rings. The average Bonchev–Trinajstić information content (AvgIpc) is 3.10. The Bertz CT molecular complexity index is 1020. The molecule has 1 heterocycles. The molecule has 2 amide bonds. The topological polar surface area (TPSA) is 91.1 Å². The zero-order valence-corrected chi connectivity index (χ0v) is 15.4. The van der Waals surface area contributed by atoms with Crippen LogP contribution in [-0.4, -0.2) is 29.1 Å². The van der Waals surface area contributed by atoms with Gasteiger partial charge >= 0.3 is 0 Å². The molecule has 0 saturated heterocycles. The van der Waals surface area contributed by atoms with Gasteiger partial charge in [-0.15, -0.1) is 0 Å². The molecule has 0 bridgehead atoms. The number of carbonyl (C=O) groups is 3. The first-order valence-electron chi connectivity index (χ1n) is 8.92. The van der Waals surface area contributed by atoms with E-state index in [1.54, 1.807) is 6.08 Å². The van der Waals surface area contributed by atoms with E-state index in [-0.39, 0.29) is 11.6 Å². The van der Waals surface area contributed by atoms with E-state index in [1.807, 2.05) is 60.8 Å². The van der Waals surface area contributed by atoms with Crippen LogP contribution in [0.5, 0.6) is 0 Å². The minimum atomic E-state index is -0.723. The van der Waals surface area contributed by atoms with E-state index in [2.05, 4.69) is 15.6 Å². The van der Waals surface area contributed by atoms with Crippen LogP contribution < -0.4 is 10.6 Å². The predicted octanol–water partition coefficient (Wildman–Crippen LogP) is 2.57. The first-order chi connectivity index (χ1) is 13.6. The van der Waals surface area contributed by atoms with Crippen molar-refractivity contribution in [2.24, 2.45) is 0 Å². The Hall–Kier alpha value is -3.67. The first-order valence-corrected chi connectivity index (χ1v) is 8.92. The van der Waals surface area contributed by atoms with Crippen LogP contribution in [0.15, 0.2) is 66.5 Å². The van der Waals surface area contributed by atoms with Crippen molar-refractivity contribution in [2.45, 2.75) is 19.4 Å². The summed E-state index contributed by atoms with van der Waals surface area (Å²) < 4.78 is 0. The van der Waals surface area contributed by atoms with Gasteiger partial charge in [-0.2, -0.15) is 0 Å². The molecule has 3 rings (SSSR count). The van der Waals surface area contributed by atoms with Gasteiger partial charge in [0, 0.05) is 30.4 Å². The highest BCUT2D eigenvalue weighted by molar-refractivity contribution is 6.01. The number of aldehydes is 1. The standard InChI is InChI=1S/C22H21N3O3/c1-15(27)24-21(11-16-7-3-2-4-8-16)22(28)25-18(14-26)12-17-13-23-20-10-6-5-9-19(17)20/h2-11,13-14,18,23H,12H2,1H3,(H,24,27)(H,25,28)/b21-11+/t18-/m0/s1. The van der Waals surface area contributed by atoms with Gasteiger partial charge in [0.2, 0.25) is 5.91 Å². The SMILES string of the molecule is CC(=O)N/C(=C/c1ccccc1)C(=O)N[C@H](C=O)Cc1c[nH]c2ccccc12. The van der Waals surface area contributed by atoms with E-state index in [1.165, 1.54) is 6.92 Å². The van der Waals surface area contributed by atoms with E-state index in [0.29, 0.717) is 12.7 Å². The number of aromatic nitrogens is 1. The number of para-hydroxylation sites is 1. The van der Waals surface area contributed by atoms with Crippen molar-refractivity contribution >= 4 is 35.1 Å². The van der Waals surface area contributed by atoms with Crippen LogP contribution in [0.3, 0.4) is 0 Å². The second-order valence-electron chi connectivity index (χ2n) is 6.43. The lowest BCUT2D eigenvalue weighted by Crippen LogP contribution is -2.41. The zero-order chi connectivity index (χ0) is 19.9. The number of amides is 2. The van der Waals surface area contributed by atoms with Gasteiger partial charge in [0.1, 0.15) is 12.0 Å². The first kappa shape index (κ1) is 19.1. The number of benzene rings is 2. The molecule has 6 heteroatoms. The van der Waals surface area contributed by atoms with Gasteiger partial charge in [-0.3, -0.25) is 9.59 Å². The van der Waals surface area contributed by atoms with E-state index in [0.717, 1.165) is 22.0 Å². The molecule has 0 fully saturated rings. The van der Waals surface area contributed by atoms with Crippen molar-refractivity contribution in [2.75, 3.05) is 0 Å².